The third-order valence-electron chi connectivity index (χ3n) is 6.05. The van der Waals surface area contributed by atoms with Crippen LogP contribution in [-0.2, 0) is 19.1 Å². The van der Waals surface area contributed by atoms with Crippen LogP contribution in [0.15, 0.2) is 0 Å². The first-order chi connectivity index (χ1) is 10.7. The van der Waals surface area contributed by atoms with Gasteiger partial charge in [0, 0.05) is 5.92 Å². The molecule has 2 aliphatic rings. The lowest BCUT2D eigenvalue weighted by Gasteiger charge is -2.35. The van der Waals surface area contributed by atoms with Crippen molar-refractivity contribution in [1.82, 2.24) is 0 Å². The van der Waals surface area contributed by atoms with Crippen LogP contribution in [0.4, 0.5) is 0 Å². The maximum atomic E-state index is 12.7. The highest BCUT2D eigenvalue weighted by Crippen LogP contribution is 2.43. The summed E-state index contributed by atoms with van der Waals surface area (Å²) in [5.74, 6) is -0.112. The van der Waals surface area contributed by atoms with Crippen LogP contribution in [0.1, 0.15) is 79.6 Å². The Morgan fingerprint density at radius 1 is 1.30 bits per heavy atom. The van der Waals surface area contributed by atoms with E-state index in [0.717, 1.165) is 32.1 Å². The maximum absolute atomic E-state index is 12.7. The minimum absolute atomic E-state index is 0.112. The minimum atomic E-state index is -0.730. The number of hydrogen-bond donors (Lipinski definition) is 0. The van der Waals surface area contributed by atoms with Crippen molar-refractivity contribution in [2.75, 3.05) is 0 Å². The summed E-state index contributed by atoms with van der Waals surface area (Å²) in [7, 11) is 0. The quantitative estimate of drug-likeness (QED) is 0.725. The third-order valence-corrected chi connectivity index (χ3v) is 6.05. The zero-order valence-electron chi connectivity index (χ0n) is 15.3. The van der Waals surface area contributed by atoms with Crippen molar-refractivity contribution in [3.63, 3.8) is 0 Å². The predicted molar refractivity (Wildman–Crippen MR) is 88.8 cm³/mol. The molecule has 0 amide bonds. The van der Waals surface area contributed by atoms with Crippen molar-refractivity contribution < 1.29 is 19.1 Å². The van der Waals surface area contributed by atoms with Crippen LogP contribution in [0.2, 0.25) is 0 Å². The van der Waals surface area contributed by atoms with Crippen molar-refractivity contribution >= 4 is 11.9 Å². The smallest absolute Gasteiger partial charge is 0.348 e. The molecule has 1 aliphatic heterocycles. The number of esters is 2. The highest BCUT2D eigenvalue weighted by molar-refractivity contribution is 5.82. The molecule has 4 atom stereocenters. The van der Waals surface area contributed by atoms with Gasteiger partial charge in [-0.25, -0.2) is 4.79 Å². The fourth-order valence-corrected chi connectivity index (χ4v) is 3.73. The predicted octanol–water partition coefficient (Wildman–Crippen LogP) is 4.26. The number of ether oxygens (including phenoxy) is 2. The molecule has 132 valence electrons. The van der Waals surface area contributed by atoms with E-state index in [-0.39, 0.29) is 17.9 Å². The number of fused-ring (bicyclic) bond motifs is 1. The largest absolute Gasteiger partial charge is 0.457 e. The third kappa shape index (κ3) is 3.89. The molecule has 1 heterocycles. The Balaban J connectivity index is 2.25. The minimum Gasteiger partial charge on any atom is -0.457 e. The van der Waals surface area contributed by atoms with Crippen LogP contribution in [0.5, 0.6) is 0 Å². The highest BCUT2D eigenvalue weighted by atomic mass is 16.6. The van der Waals surface area contributed by atoms with E-state index < -0.39 is 17.1 Å². The molecule has 0 N–H and O–H groups in total. The van der Waals surface area contributed by atoms with Gasteiger partial charge < -0.3 is 9.47 Å². The van der Waals surface area contributed by atoms with E-state index in [2.05, 4.69) is 6.92 Å². The number of rotatable bonds is 4. The molecule has 0 aromatic heterocycles. The molecule has 1 saturated carbocycles. The van der Waals surface area contributed by atoms with Gasteiger partial charge in [-0.2, -0.15) is 0 Å². The van der Waals surface area contributed by atoms with Gasteiger partial charge in [-0.05, 0) is 58.8 Å². The number of carbonyl (C=O) groups is 2. The summed E-state index contributed by atoms with van der Waals surface area (Å²) in [4.78, 5) is 25.2. The van der Waals surface area contributed by atoms with Crippen LogP contribution >= 0.6 is 0 Å². The monoisotopic (exact) mass is 324 g/mol. The Hall–Kier alpha value is -1.06. The lowest BCUT2D eigenvalue weighted by atomic mass is 9.72. The number of hydrogen-bond acceptors (Lipinski definition) is 4. The van der Waals surface area contributed by atoms with Crippen molar-refractivity contribution in [1.29, 1.82) is 0 Å². The van der Waals surface area contributed by atoms with Gasteiger partial charge in [-0.1, -0.05) is 26.7 Å². The topological polar surface area (TPSA) is 52.6 Å². The van der Waals surface area contributed by atoms with Gasteiger partial charge in [0.25, 0.3) is 0 Å². The van der Waals surface area contributed by atoms with E-state index in [4.69, 9.17) is 9.47 Å². The summed E-state index contributed by atoms with van der Waals surface area (Å²) >= 11 is 0. The lowest BCUT2D eigenvalue weighted by Crippen LogP contribution is -2.41. The van der Waals surface area contributed by atoms with Crippen LogP contribution < -0.4 is 0 Å². The second-order valence-electron chi connectivity index (χ2n) is 8.20. The zero-order chi connectivity index (χ0) is 17.3. The van der Waals surface area contributed by atoms with Crippen molar-refractivity contribution in [3.05, 3.63) is 0 Å². The van der Waals surface area contributed by atoms with Crippen LogP contribution in [-0.4, -0.2) is 23.6 Å². The second kappa shape index (κ2) is 6.82. The molecule has 1 saturated heterocycles. The maximum Gasteiger partial charge on any atom is 0.348 e. The van der Waals surface area contributed by atoms with E-state index in [1.54, 1.807) is 0 Å². The first-order valence-corrected chi connectivity index (χ1v) is 9.16. The lowest BCUT2D eigenvalue weighted by molar-refractivity contribution is -0.183. The molecular formula is C19H32O4. The van der Waals surface area contributed by atoms with Crippen LogP contribution in [0.3, 0.4) is 0 Å². The van der Waals surface area contributed by atoms with Gasteiger partial charge in [0.1, 0.15) is 5.60 Å². The van der Waals surface area contributed by atoms with Gasteiger partial charge in [0.2, 0.25) is 6.10 Å². The first kappa shape index (κ1) is 18.3. The van der Waals surface area contributed by atoms with Crippen molar-refractivity contribution in [2.24, 2.45) is 17.3 Å². The van der Waals surface area contributed by atoms with Gasteiger partial charge in [-0.15, -0.1) is 0 Å². The highest BCUT2D eigenvalue weighted by Gasteiger charge is 2.48. The number of cyclic esters (lactones) is 1. The Morgan fingerprint density at radius 3 is 2.57 bits per heavy atom. The standard InChI is InChI=1S/C19H32O4/c1-6-18(3,4)17(21)22-15-14-11-9-8-10-13(14)12-19(5,7-2)23-16(15)20/h13-15H,6-12H2,1-5H3. The summed E-state index contributed by atoms with van der Waals surface area (Å²) < 4.78 is 11.5. The molecule has 4 unspecified atom stereocenters. The molecule has 4 heteroatoms. The number of carbonyl (C=O) groups excluding carboxylic acids is 2. The Labute approximate surface area is 140 Å². The molecule has 4 nitrogen and oxygen atoms in total. The molecule has 0 aromatic rings. The summed E-state index contributed by atoms with van der Waals surface area (Å²) in [5.41, 5.74) is -0.996. The molecule has 0 spiro atoms. The molecule has 0 bridgehead atoms. The van der Waals surface area contributed by atoms with E-state index >= 15 is 0 Å². The van der Waals surface area contributed by atoms with E-state index in [1.807, 2.05) is 27.7 Å². The zero-order valence-corrected chi connectivity index (χ0v) is 15.3. The molecule has 1 aliphatic carbocycles. The van der Waals surface area contributed by atoms with Crippen LogP contribution in [0, 0.1) is 17.3 Å². The van der Waals surface area contributed by atoms with Gasteiger partial charge in [0.05, 0.1) is 5.41 Å². The molecule has 2 rings (SSSR count). The molecule has 23 heavy (non-hydrogen) atoms. The Kier molecular flexibility index (Phi) is 5.42. The SMILES string of the molecule is CCC1(C)CC2CCCCC2C(OC(=O)C(C)(C)CC)C(=O)O1. The van der Waals surface area contributed by atoms with Crippen molar-refractivity contribution in [3.8, 4) is 0 Å². The van der Waals surface area contributed by atoms with Crippen LogP contribution in [0.25, 0.3) is 0 Å². The summed E-state index contributed by atoms with van der Waals surface area (Å²) in [6.07, 6.45) is 5.97. The van der Waals surface area contributed by atoms with Gasteiger partial charge in [0.15, 0.2) is 0 Å². The fourth-order valence-electron chi connectivity index (χ4n) is 3.73. The molecule has 2 fully saturated rings. The van der Waals surface area contributed by atoms with E-state index in [1.165, 1.54) is 6.42 Å². The van der Waals surface area contributed by atoms with Gasteiger partial charge >= 0.3 is 11.9 Å². The normalized spacial score (nSPS) is 35.0. The molecule has 0 radical (unpaired) electrons. The Bertz CT molecular complexity index is 456. The van der Waals surface area contributed by atoms with E-state index in [9.17, 15) is 9.59 Å². The average Bonchev–Trinajstić information content (AvgIpc) is 2.62. The molecular weight excluding hydrogens is 292 g/mol. The summed E-state index contributed by atoms with van der Waals surface area (Å²) in [6, 6.07) is 0. The first-order valence-electron chi connectivity index (χ1n) is 9.16. The van der Waals surface area contributed by atoms with E-state index in [0.29, 0.717) is 12.3 Å². The fraction of sp³-hybridized carbons (Fsp3) is 0.895. The summed E-state index contributed by atoms with van der Waals surface area (Å²) in [5, 5.41) is 0. The summed E-state index contributed by atoms with van der Waals surface area (Å²) in [6.45, 7) is 9.76. The Morgan fingerprint density at radius 2 is 1.96 bits per heavy atom. The van der Waals surface area contributed by atoms with Gasteiger partial charge in [-0.3, -0.25) is 4.79 Å². The average molecular weight is 324 g/mol. The molecule has 0 aromatic carbocycles. The second-order valence-corrected chi connectivity index (χ2v) is 8.20. The van der Waals surface area contributed by atoms with Crippen molar-refractivity contribution in [2.45, 2.75) is 91.3 Å².